The highest BCUT2D eigenvalue weighted by Gasteiger charge is 2.35. The maximum Gasteiger partial charge on any atom is 0.240 e. The van der Waals surface area contributed by atoms with Crippen LogP contribution in [0.15, 0.2) is 0 Å². The van der Waals surface area contributed by atoms with E-state index < -0.39 is 5.54 Å². The first-order chi connectivity index (χ1) is 8.69. The molecule has 4 nitrogen and oxygen atoms in total. The van der Waals surface area contributed by atoms with Crippen LogP contribution in [0.2, 0.25) is 0 Å². The Labute approximate surface area is 114 Å². The summed E-state index contributed by atoms with van der Waals surface area (Å²) in [5.74, 6) is 1.23. The summed E-state index contributed by atoms with van der Waals surface area (Å²) < 4.78 is 5.23. The smallest absolute Gasteiger partial charge is 0.240 e. The van der Waals surface area contributed by atoms with Crippen molar-refractivity contribution in [1.29, 1.82) is 0 Å². The Kier molecular flexibility index (Phi) is 7.70. The number of carbonyl (C=O) groups is 1. The van der Waals surface area contributed by atoms with Crippen LogP contribution in [0.4, 0.5) is 0 Å². The number of nitrogens with two attached hydrogens (primary N) is 1. The van der Waals surface area contributed by atoms with E-state index in [1.165, 1.54) is 25.0 Å². The molecule has 0 aromatic carbocycles. The van der Waals surface area contributed by atoms with Crippen molar-refractivity contribution in [3.63, 3.8) is 0 Å². The molecule has 106 valence electrons. The molecule has 0 radical (unpaired) electrons. The molecule has 1 aliphatic heterocycles. The Bertz CT molecular complexity index is 243. The lowest BCUT2D eigenvalue weighted by molar-refractivity contribution is -0.129. The lowest BCUT2D eigenvalue weighted by Gasteiger charge is -2.31. The molecular weight excluding hydrogens is 248 g/mol. The third-order valence-corrected chi connectivity index (χ3v) is 4.09. The van der Waals surface area contributed by atoms with E-state index in [2.05, 4.69) is 11.6 Å². The molecule has 3 N–H and O–H groups in total. The average Bonchev–Trinajstić information content (AvgIpc) is 2.38. The number of ether oxygens (including phenoxy) is 1. The summed E-state index contributed by atoms with van der Waals surface area (Å²) in [6.45, 7) is 1.94. The van der Waals surface area contributed by atoms with E-state index in [-0.39, 0.29) is 5.91 Å². The van der Waals surface area contributed by atoms with Crippen LogP contribution in [0, 0.1) is 0 Å². The second kappa shape index (κ2) is 8.77. The summed E-state index contributed by atoms with van der Waals surface area (Å²) in [4.78, 5) is 12.0. The fourth-order valence-electron chi connectivity index (χ4n) is 2.07. The molecule has 0 unspecified atom stereocenters. The van der Waals surface area contributed by atoms with Crippen LogP contribution in [0.25, 0.3) is 0 Å². The van der Waals surface area contributed by atoms with Crippen molar-refractivity contribution in [2.75, 3.05) is 31.8 Å². The molecule has 1 heterocycles. The van der Waals surface area contributed by atoms with Crippen molar-refractivity contribution in [3.05, 3.63) is 0 Å². The van der Waals surface area contributed by atoms with Crippen LogP contribution < -0.4 is 11.1 Å². The fourth-order valence-corrected chi connectivity index (χ4v) is 2.56. The number of amides is 1. The Hall–Kier alpha value is -0.260. The van der Waals surface area contributed by atoms with Gasteiger partial charge in [-0.15, -0.1) is 0 Å². The van der Waals surface area contributed by atoms with Gasteiger partial charge in [0.15, 0.2) is 0 Å². The third-order valence-electron chi connectivity index (χ3n) is 3.40. The molecule has 1 rings (SSSR count). The Balaban J connectivity index is 2.05. The van der Waals surface area contributed by atoms with Crippen LogP contribution >= 0.6 is 11.8 Å². The topological polar surface area (TPSA) is 64.4 Å². The van der Waals surface area contributed by atoms with Gasteiger partial charge in [-0.1, -0.05) is 12.8 Å². The number of carbonyl (C=O) groups excluding carboxylic acids is 1. The van der Waals surface area contributed by atoms with Crippen molar-refractivity contribution in [3.8, 4) is 0 Å². The molecule has 0 saturated carbocycles. The predicted octanol–water partition coefficient (Wildman–Crippen LogP) is 1.53. The van der Waals surface area contributed by atoms with Gasteiger partial charge in [0.1, 0.15) is 0 Å². The molecule has 1 saturated heterocycles. The number of nitrogens with one attached hydrogen (secondary N) is 1. The van der Waals surface area contributed by atoms with Crippen LogP contribution in [0.3, 0.4) is 0 Å². The van der Waals surface area contributed by atoms with Crippen molar-refractivity contribution in [1.82, 2.24) is 5.32 Å². The number of hydrogen-bond acceptors (Lipinski definition) is 4. The quantitative estimate of drug-likeness (QED) is 0.659. The summed E-state index contributed by atoms with van der Waals surface area (Å²) in [5, 5.41) is 2.96. The lowest BCUT2D eigenvalue weighted by Crippen LogP contribution is -2.57. The largest absolute Gasteiger partial charge is 0.381 e. The maximum atomic E-state index is 12.0. The van der Waals surface area contributed by atoms with Gasteiger partial charge in [-0.25, -0.2) is 0 Å². The summed E-state index contributed by atoms with van der Waals surface area (Å²) in [7, 11) is 0. The molecule has 0 bridgehead atoms. The molecule has 0 aromatic heterocycles. The van der Waals surface area contributed by atoms with E-state index in [0.29, 0.717) is 26.1 Å². The highest BCUT2D eigenvalue weighted by Crippen LogP contribution is 2.17. The van der Waals surface area contributed by atoms with Crippen molar-refractivity contribution >= 4 is 17.7 Å². The number of rotatable bonds is 8. The summed E-state index contributed by atoms with van der Waals surface area (Å²) in [5.41, 5.74) is 5.39. The van der Waals surface area contributed by atoms with Gasteiger partial charge in [0.2, 0.25) is 5.91 Å². The number of unbranched alkanes of at least 4 members (excludes halogenated alkanes) is 3. The Morgan fingerprint density at radius 3 is 2.61 bits per heavy atom. The summed E-state index contributed by atoms with van der Waals surface area (Å²) in [6, 6.07) is 0. The first-order valence-electron chi connectivity index (χ1n) is 6.83. The monoisotopic (exact) mass is 274 g/mol. The lowest BCUT2D eigenvalue weighted by atomic mass is 9.90. The normalized spacial score (nSPS) is 18.6. The molecule has 18 heavy (non-hydrogen) atoms. The second-order valence-electron chi connectivity index (χ2n) is 4.93. The zero-order valence-electron chi connectivity index (χ0n) is 11.4. The zero-order chi connectivity index (χ0) is 13.3. The Morgan fingerprint density at radius 2 is 1.94 bits per heavy atom. The molecule has 0 aromatic rings. The fraction of sp³-hybridized carbons (Fsp3) is 0.923. The molecule has 0 spiro atoms. The summed E-state index contributed by atoms with van der Waals surface area (Å²) in [6.07, 6.45) is 8.15. The first kappa shape index (κ1) is 15.8. The third kappa shape index (κ3) is 5.59. The van der Waals surface area contributed by atoms with E-state index in [9.17, 15) is 4.79 Å². The summed E-state index contributed by atoms with van der Waals surface area (Å²) >= 11 is 1.89. The average molecular weight is 274 g/mol. The van der Waals surface area contributed by atoms with Crippen molar-refractivity contribution in [2.24, 2.45) is 5.73 Å². The Morgan fingerprint density at radius 1 is 1.28 bits per heavy atom. The SMILES string of the molecule is CSCCCCCCNC(=O)C1(N)CCOCC1. The van der Waals surface area contributed by atoms with E-state index in [0.717, 1.165) is 13.0 Å². The van der Waals surface area contributed by atoms with Crippen molar-refractivity contribution in [2.45, 2.75) is 44.1 Å². The van der Waals surface area contributed by atoms with Gasteiger partial charge in [-0.05, 0) is 37.7 Å². The molecule has 0 aliphatic carbocycles. The molecule has 0 atom stereocenters. The van der Waals surface area contributed by atoms with Gasteiger partial charge < -0.3 is 15.8 Å². The maximum absolute atomic E-state index is 12.0. The second-order valence-corrected chi connectivity index (χ2v) is 5.92. The minimum Gasteiger partial charge on any atom is -0.381 e. The van der Waals surface area contributed by atoms with Crippen LogP contribution in [0.5, 0.6) is 0 Å². The zero-order valence-corrected chi connectivity index (χ0v) is 12.2. The van der Waals surface area contributed by atoms with Gasteiger partial charge in [0.05, 0.1) is 5.54 Å². The van der Waals surface area contributed by atoms with Gasteiger partial charge >= 0.3 is 0 Å². The standard InChI is InChI=1S/C13H26N2O2S/c1-18-11-5-3-2-4-8-15-12(16)13(14)6-9-17-10-7-13/h2-11,14H2,1H3,(H,15,16). The molecular formula is C13H26N2O2S. The van der Waals surface area contributed by atoms with E-state index >= 15 is 0 Å². The minimum absolute atomic E-state index is 0.00471. The predicted molar refractivity (Wildman–Crippen MR) is 76.8 cm³/mol. The van der Waals surface area contributed by atoms with E-state index in [4.69, 9.17) is 10.5 Å². The molecule has 1 aliphatic rings. The highest BCUT2D eigenvalue weighted by molar-refractivity contribution is 7.98. The minimum atomic E-state index is -0.697. The number of hydrogen-bond donors (Lipinski definition) is 2. The van der Waals surface area contributed by atoms with Crippen LogP contribution in [-0.4, -0.2) is 43.2 Å². The highest BCUT2D eigenvalue weighted by atomic mass is 32.2. The van der Waals surface area contributed by atoms with Gasteiger partial charge in [-0.3, -0.25) is 4.79 Å². The first-order valence-corrected chi connectivity index (χ1v) is 8.22. The molecule has 5 heteroatoms. The van der Waals surface area contributed by atoms with Gasteiger partial charge in [-0.2, -0.15) is 11.8 Å². The number of thioether (sulfide) groups is 1. The van der Waals surface area contributed by atoms with Gasteiger partial charge in [0, 0.05) is 19.8 Å². The molecule has 1 fully saturated rings. The molecule has 1 amide bonds. The van der Waals surface area contributed by atoms with Crippen LogP contribution in [0.1, 0.15) is 38.5 Å². The van der Waals surface area contributed by atoms with Crippen molar-refractivity contribution < 1.29 is 9.53 Å². The van der Waals surface area contributed by atoms with Crippen LogP contribution in [-0.2, 0) is 9.53 Å². The van der Waals surface area contributed by atoms with E-state index in [1.807, 2.05) is 11.8 Å². The van der Waals surface area contributed by atoms with E-state index in [1.54, 1.807) is 0 Å². The van der Waals surface area contributed by atoms with Gasteiger partial charge in [0.25, 0.3) is 0 Å².